The van der Waals surface area contributed by atoms with Crippen LogP contribution in [0.2, 0.25) is 0 Å². The molecule has 0 fully saturated rings. The summed E-state index contributed by atoms with van der Waals surface area (Å²) < 4.78 is 1.02. The molecule has 0 bridgehead atoms. The Kier molecular flexibility index (Phi) is 3.72. The van der Waals surface area contributed by atoms with Crippen LogP contribution in [-0.2, 0) is 0 Å². The first-order valence-electron chi connectivity index (χ1n) is 5.56. The van der Waals surface area contributed by atoms with E-state index in [0.717, 1.165) is 10.0 Å². The number of hydrogen-bond acceptors (Lipinski definition) is 2. The molecule has 0 saturated carbocycles. The van der Waals surface area contributed by atoms with Crippen molar-refractivity contribution >= 4 is 27.5 Å². The van der Waals surface area contributed by atoms with Crippen LogP contribution < -0.4 is 11.1 Å². The lowest BCUT2D eigenvalue weighted by Gasteiger charge is -2.13. The van der Waals surface area contributed by atoms with Gasteiger partial charge < -0.3 is 16.0 Å². The van der Waals surface area contributed by atoms with Crippen molar-refractivity contribution < 1.29 is 4.79 Å². The fraction of sp³-hybridized carbons (Fsp3) is 0.154. The number of rotatable bonds is 3. The highest BCUT2D eigenvalue weighted by molar-refractivity contribution is 9.10. The molecule has 94 valence electrons. The zero-order valence-electron chi connectivity index (χ0n) is 9.91. The molecular weight excluding hydrogens is 294 g/mol. The number of hydrogen-bond donors (Lipinski definition) is 3. The summed E-state index contributed by atoms with van der Waals surface area (Å²) in [5.41, 5.74) is 7.63. The second-order valence-electron chi connectivity index (χ2n) is 4.09. The van der Waals surface area contributed by atoms with E-state index in [9.17, 15) is 4.79 Å². The smallest absolute Gasteiger partial charge is 0.268 e. The van der Waals surface area contributed by atoms with E-state index < -0.39 is 0 Å². The van der Waals surface area contributed by atoms with Crippen LogP contribution in [-0.4, -0.2) is 10.9 Å². The average Bonchev–Trinajstić information content (AvgIpc) is 2.76. The standard InChI is InChI=1S/C13H14BrN3O/c1-8(9-2-4-10(14)5-3-9)17-13(18)12-6-11(15)7-16-12/h2-8,16H,15H2,1H3,(H,17,18)/t8-/m0/s1. The first-order chi connectivity index (χ1) is 8.56. The fourth-order valence-electron chi connectivity index (χ4n) is 1.65. The number of nitrogens with two attached hydrogens (primary N) is 1. The normalized spacial score (nSPS) is 12.1. The molecule has 0 unspecified atom stereocenters. The van der Waals surface area contributed by atoms with Crippen LogP contribution in [0.15, 0.2) is 41.0 Å². The van der Waals surface area contributed by atoms with Crippen LogP contribution in [0.4, 0.5) is 5.69 Å². The summed E-state index contributed by atoms with van der Waals surface area (Å²) in [7, 11) is 0. The van der Waals surface area contributed by atoms with Gasteiger partial charge in [0.2, 0.25) is 0 Å². The van der Waals surface area contributed by atoms with E-state index in [1.165, 1.54) is 0 Å². The lowest BCUT2D eigenvalue weighted by atomic mass is 10.1. The molecule has 0 radical (unpaired) electrons. The summed E-state index contributed by atoms with van der Waals surface area (Å²) in [5, 5.41) is 2.90. The van der Waals surface area contributed by atoms with Crippen molar-refractivity contribution in [3.05, 3.63) is 52.3 Å². The summed E-state index contributed by atoms with van der Waals surface area (Å²) in [6, 6.07) is 9.39. The van der Waals surface area contributed by atoms with Crippen molar-refractivity contribution in [2.24, 2.45) is 0 Å². The van der Waals surface area contributed by atoms with Gasteiger partial charge in [0.15, 0.2) is 0 Å². The fourth-order valence-corrected chi connectivity index (χ4v) is 1.92. The molecule has 1 amide bonds. The molecule has 5 heteroatoms. The number of anilines is 1. The van der Waals surface area contributed by atoms with E-state index in [1.807, 2.05) is 31.2 Å². The number of H-pyrrole nitrogens is 1. The number of halogens is 1. The number of benzene rings is 1. The number of nitrogens with one attached hydrogen (secondary N) is 2. The van der Waals surface area contributed by atoms with Gasteiger partial charge in [-0.05, 0) is 30.7 Å². The molecule has 0 aliphatic rings. The molecule has 1 aromatic heterocycles. The second kappa shape index (κ2) is 5.27. The van der Waals surface area contributed by atoms with Gasteiger partial charge in [-0.3, -0.25) is 4.79 Å². The van der Waals surface area contributed by atoms with Crippen LogP contribution >= 0.6 is 15.9 Å². The molecule has 2 aromatic rings. The summed E-state index contributed by atoms with van der Waals surface area (Å²) in [4.78, 5) is 14.7. The molecule has 0 aliphatic carbocycles. The summed E-state index contributed by atoms with van der Waals surface area (Å²) in [6.07, 6.45) is 1.60. The van der Waals surface area contributed by atoms with E-state index in [-0.39, 0.29) is 11.9 Å². The minimum atomic E-state index is -0.165. The number of aromatic nitrogens is 1. The number of amides is 1. The molecule has 1 atom stereocenters. The largest absolute Gasteiger partial charge is 0.397 e. The monoisotopic (exact) mass is 307 g/mol. The Hall–Kier alpha value is -1.75. The van der Waals surface area contributed by atoms with Crippen molar-refractivity contribution in [1.29, 1.82) is 0 Å². The summed E-state index contributed by atoms with van der Waals surface area (Å²) >= 11 is 3.38. The highest BCUT2D eigenvalue weighted by Crippen LogP contribution is 2.17. The van der Waals surface area contributed by atoms with E-state index in [0.29, 0.717) is 11.4 Å². The maximum absolute atomic E-state index is 11.9. The first-order valence-corrected chi connectivity index (χ1v) is 6.36. The SMILES string of the molecule is C[C@H](NC(=O)c1cc(N)c[nH]1)c1ccc(Br)cc1. The Bertz CT molecular complexity index is 548. The maximum Gasteiger partial charge on any atom is 0.268 e. The molecule has 0 saturated heterocycles. The van der Waals surface area contributed by atoms with Gasteiger partial charge in [0.1, 0.15) is 5.69 Å². The third-order valence-corrected chi connectivity index (χ3v) is 3.20. The average molecular weight is 308 g/mol. The second-order valence-corrected chi connectivity index (χ2v) is 5.01. The molecule has 1 heterocycles. The summed E-state index contributed by atoms with van der Waals surface area (Å²) in [5.74, 6) is -0.165. The predicted octanol–water partition coefficient (Wildman–Crippen LogP) is 2.85. The maximum atomic E-state index is 11.9. The molecule has 2 rings (SSSR count). The molecule has 0 spiro atoms. The van der Waals surface area contributed by atoms with Crippen LogP contribution in [0.3, 0.4) is 0 Å². The van der Waals surface area contributed by atoms with Crippen molar-refractivity contribution in [2.75, 3.05) is 5.73 Å². The first kappa shape index (κ1) is 12.7. The van der Waals surface area contributed by atoms with Gasteiger partial charge in [0.05, 0.1) is 6.04 Å². The highest BCUT2D eigenvalue weighted by Gasteiger charge is 2.12. The van der Waals surface area contributed by atoms with E-state index >= 15 is 0 Å². The number of carbonyl (C=O) groups excluding carboxylic acids is 1. The van der Waals surface area contributed by atoms with Crippen LogP contribution in [0.1, 0.15) is 29.0 Å². The van der Waals surface area contributed by atoms with Crippen molar-refractivity contribution in [3.63, 3.8) is 0 Å². The molecular formula is C13H14BrN3O. The van der Waals surface area contributed by atoms with Gasteiger partial charge in [-0.25, -0.2) is 0 Å². The zero-order valence-corrected chi connectivity index (χ0v) is 11.5. The third kappa shape index (κ3) is 2.92. The van der Waals surface area contributed by atoms with Gasteiger partial charge in [-0.2, -0.15) is 0 Å². The van der Waals surface area contributed by atoms with Crippen LogP contribution in [0.25, 0.3) is 0 Å². The highest BCUT2D eigenvalue weighted by atomic mass is 79.9. The number of nitrogen functional groups attached to an aromatic ring is 1. The Labute approximate surface area is 114 Å². The van der Waals surface area contributed by atoms with Gasteiger partial charge in [0.25, 0.3) is 5.91 Å². The number of carbonyl (C=O) groups is 1. The molecule has 4 nitrogen and oxygen atoms in total. The van der Waals surface area contributed by atoms with E-state index in [4.69, 9.17) is 5.73 Å². The Morgan fingerprint density at radius 1 is 1.39 bits per heavy atom. The van der Waals surface area contributed by atoms with Crippen molar-refractivity contribution in [3.8, 4) is 0 Å². The Morgan fingerprint density at radius 2 is 2.06 bits per heavy atom. The Morgan fingerprint density at radius 3 is 2.61 bits per heavy atom. The van der Waals surface area contributed by atoms with Crippen molar-refractivity contribution in [2.45, 2.75) is 13.0 Å². The molecule has 4 N–H and O–H groups in total. The summed E-state index contributed by atoms with van der Waals surface area (Å²) in [6.45, 7) is 1.94. The van der Waals surface area contributed by atoms with Gasteiger partial charge >= 0.3 is 0 Å². The predicted molar refractivity (Wildman–Crippen MR) is 75.2 cm³/mol. The minimum absolute atomic E-state index is 0.0601. The number of aromatic amines is 1. The lowest BCUT2D eigenvalue weighted by molar-refractivity contribution is 0.0935. The van der Waals surface area contributed by atoms with Gasteiger partial charge in [0, 0.05) is 16.4 Å². The third-order valence-electron chi connectivity index (χ3n) is 2.67. The Balaban J connectivity index is 2.05. The van der Waals surface area contributed by atoms with Crippen LogP contribution in [0.5, 0.6) is 0 Å². The van der Waals surface area contributed by atoms with Gasteiger partial charge in [-0.1, -0.05) is 28.1 Å². The molecule has 1 aromatic carbocycles. The lowest BCUT2D eigenvalue weighted by Crippen LogP contribution is -2.26. The van der Waals surface area contributed by atoms with E-state index in [2.05, 4.69) is 26.2 Å². The van der Waals surface area contributed by atoms with Gasteiger partial charge in [-0.15, -0.1) is 0 Å². The molecule has 0 aliphatic heterocycles. The topological polar surface area (TPSA) is 70.9 Å². The zero-order chi connectivity index (χ0) is 13.1. The molecule has 18 heavy (non-hydrogen) atoms. The minimum Gasteiger partial charge on any atom is -0.397 e. The van der Waals surface area contributed by atoms with E-state index in [1.54, 1.807) is 12.3 Å². The van der Waals surface area contributed by atoms with Crippen molar-refractivity contribution in [1.82, 2.24) is 10.3 Å². The quantitative estimate of drug-likeness (QED) is 0.816. The van der Waals surface area contributed by atoms with Crippen LogP contribution in [0, 0.1) is 0 Å².